The molecule has 0 N–H and O–H groups in total. The molecule has 0 spiro atoms. The molecule has 138 valence electrons. The highest BCUT2D eigenvalue weighted by Gasteiger charge is 2.14. The van der Waals surface area contributed by atoms with Gasteiger partial charge in [0.15, 0.2) is 17.3 Å². The van der Waals surface area contributed by atoms with Crippen molar-refractivity contribution in [3.8, 4) is 22.9 Å². The van der Waals surface area contributed by atoms with E-state index in [2.05, 4.69) is 0 Å². The lowest BCUT2D eigenvalue weighted by atomic mass is 10.1. The quantitative estimate of drug-likeness (QED) is 0.461. The number of carbonyl (C=O) groups excluding carboxylic acids is 1. The molecule has 0 radical (unpaired) electrons. The van der Waals surface area contributed by atoms with E-state index in [0.717, 1.165) is 11.3 Å². The van der Waals surface area contributed by atoms with Crippen LogP contribution in [0.15, 0.2) is 67.0 Å². The summed E-state index contributed by atoms with van der Waals surface area (Å²) >= 11 is 0. The lowest BCUT2D eigenvalue weighted by Gasteiger charge is -2.13. The van der Waals surface area contributed by atoms with E-state index in [1.165, 1.54) is 6.08 Å². The van der Waals surface area contributed by atoms with E-state index in [1.807, 2.05) is 59.4 Å². The van der Waals surface area contributed by atoms with Crippen molar-refractivity contribution in [2.75, 3.05) is 21.3 Å². The van der Waals surface area contributed by atoms with Gasteiger partial charge < -0.3 is 18.8 Å². The Morgan fingerprint density at radius 1 is 0.852 bits per heavy atom. The van der Waals surface area contributed by atoms with Crippen molar-refractivity contribution in [2.45, 2.75) is 0 Å². The predicted molar refractivity (Wildman–Crippen MR) is 105 cm³/mol. The highest BCUT2D eigenvalue weighted by atomic mass is 16.5. The third-order valence-corrected chi connectivity index (χ3v) is 4.20. The molecule has 0 amide bonds. The molecule has 1 aromatic heterocycles. The Balaban J connectivity index is 1.82. The van der Waals surface area contributed by atoms with Crippen LogP contribution in [0.25, 0.3) is 11.8 Å². The number of methoxy groups -OCH3 is 3. The molecule has 0 unspecified atom stereocenters. The van der Waals surface area contributed by atoms with Crippen molar-refractivity contribution < 1.29 is 19.0 Å². The molecule has 0 atom stereocenters. The molecule has 0 fully saturated rings. The van der Waals surface area contributed by atoms with E-state index >= 15 is 0 Å². The third-order valence-electron chi connectivity index (χ3n) is 4.20. The van der Waals surface area contributed by atoms with Crippen molar-refractivity contribution in [1.29, 1.82) is 0 Å². The average Bonchev–Trinajstić information content (AvgIpc) is 3.26. The maximum atomic E-state index is 12.5. The zero-order valence-corrected chi connectivity index (χ0v) is 15.5. The molecule has 1 heterocycles. The second-order valence-electron chi connectivity index (χ2n) is 5.76. The predicted octanol–water partition coefficient (Wildman–Crippen LogP) is 4.40. The van der Waals surface area contributed by atoms with Gasteiger partial charge in [0.1, 0.15) is 0 Å². The largest absolute Gasteiger partial charge is 0.493 e. The maximum Gasteiger partial charge on any atom is 0.203 e. The van der Waals surface area contributed by atoms with E-state index < -0.39 is 0 Å². The fourth-order valence-corrected chi connectivity index (χ4v) is 2.82. The zero-order chi connectivity index (χ0) is 19.2. The van der Waals surface area contributed by atoms with Crippen LogP contribution in [0.5, 0.6) is 17.2 Å². The highest BCUT2D eigenvalue weighted by Crippen LogP contribution is 2.40. The van der Waals surface area contributed by atoms with Gasteiger partial charge in [0.05, 0.1) is 21.3 Å². The normalized spacial score (nSPS) is 10.8. The van der Waals surface area contributed by atoms with Crippen molar-refractivity contribution in [3.63, 3.8) is 0 Å². The molecule has 0 aliphatic carbocycles. The smallest absolute Gasteiger partial charge is 0.203 e. The second kappa shape index (κ2) is 8.27. The van der Waals surface area contributed by atoms with Gasteiger partial charge in [-0.15, -0.1) is 0 Å². The number of nitrogens with zero attached hydrogens (tertiary/aromatic N) is 1. The third kappa shape index (κ3) is 3.87. The van der Waals surface area contributed by atoms with Gasteiger partial charge in [0, 0.05) is 29.2 Å². The van der Waals surface area contributed by atoms with Crippen LogP contribution in [0.4, 0.5) is 0 Å². The first-order chi connectivity index (χ1) is 13.2. The van der Waals surface area contributed by atoms with E-state index in [4.69, 9.17) is 14.2 Å². The van der Waals surface area contributed by atoms with E-state index in [9.17, 15) is 4.79 Å². The number of ether oxygens (including phenoxy) is 3. The van der Waals surface area contributed by atoms with Crippen molar-refractivity contribution in [1.82, 2.24) is 4.57 Å². The summed E-state index contributed by atoms with van der Waals surface area (Å²) in [6.45, 7) is 0. The van der Waals surface area contributed by atoms with Crippen molar-refractivity contribution in [3.05, 3.63) is 78.1 Å². The molecule has 5 nitrogen and oxygen atoms in total. The number of ketones is 1. The Morgan fingerprint density at radius 2 is 1.52 bits per heavy atom. The minimum Gasteiger partial charge on any atom is -0.493 e. The topological polar surface area (TPSA) is 49.7 Å². The molecule has 0 bridgehead atoms. The Hall–Kier alpha value is -3.47. The van der Waals surface area contributed by atoms with Crippen molar-refractivity contribution in [2.24, 2.45) is 0 Å². The average molecular weight is 363 g/mol. The number of benzene rings is 2. The molecule has 3 rings (SSSR count). The summed E-state index contributed by atoms with van der Waals surface area (Å²) in [6.07, 6.45) is 7.15. The van der Waals surface area contributed by atoms with Gasteiger partial charge in [-0.3, -0.25) is 4.79 Å². The van der Waals surface area contributed by atoms with Gasteiger partial charge in [-0.05, 0) is 60.7 Å². The first kappa shape index (κ1) is 18.3. The van der Waals surface area contributed by atoms with Gasteiger partial charge in [0.2, 0.25) is 5.75 Å². The SMILES string of the molecule is COc1ccc(/C=C/C(=O)c2ccc(-n3cccc3)cc2)c(OC)c1OC. The first-order valence-corrected chi connectivity index (χ1v) is 8.42. The van der Waals surface area contributed by atoms with Gasteiger partial charge in [-0.25, -0.2) is 0 Å². The van der Waals surface area contributed by atoms with Gasteiger partial charge in [-0.2, -0.15) is 0 Å². The summed E-state index contributed by atoms with van der Waals surface area (Å²) in [5, 5.41) is 0. The molecule has 2 aromatic carbocycles. The highest BCUT2D eigenvalue weighted by molar-refractivity contribution is 6.07. The molecule has 0 saturated heterocycles. The Labute approximate surface area is 158 Å². The monoisotopic (exact) mass is 363 g/mol. The van der Waals surface area contributed by atoms with Crippen LogP contribution < -0.4 is 14.2 Å². The minimum absolute atomic E-state index is 0.0918. The van der Waals surface area contributed by atoms with Crippen LogP contribution in [0.1, 0.15) is 15.9 Å². The first-order valence-electron chi connectivity index (χ1n) is 8.42. The lowest BCUT2D eigenvalue weighted by Crippen LogP contribution is -1.98. The lowest BCUT2D eigenvalue weighted by molar-refractivity contribution is 0.104. The van der Waals surface area contributed by atoms with Gasteiger partial charge in [-0.1, -0.05) is 0 Å². The Bertz CT molecular complexity index is 941. The molecular formula is C22H21NO4. The number of rotatable bonds is 7. The molecule has 0 aliphatic rings. The van der Waals surface area contributed by atoms with Crippen LogP contribution in [0, 0.1) is 0 Å². The zero-order valence-electron chi connectivity index (χ0n) is 15.5. The fourth-order valence-electron chi connectivity index (χ4n) is 2.82. The number of hydrogen-bond acceptors (Lipinski definition) is 4. The number of allylic oxidation sites excluding steroid dienone is 1. The fraction of sp³-hybridized carbons (Fsp3) is 0.136. The van der Waals surface area contributed by atoms with Crippen LogP contribution in [0.3, 0.4) is 0 Å². The number of hydrogen-bond donors (Lipinski definition) is 0. The molecule has 0 aliphatic heterocycles. The van der Waals surface area contributed by atoms with Crippen LogP contribution in [0.2, 0.25) is 0 Å². The van der Waals surface area contributed by atoms with Gasteiger partial charge >= 0.3 is 0 Å². The molecular weight excluding hydrogens is 342 g/mol. The summed E-state index contributed by atoms with van der Waals surface area (Å²) in [6, 6.07) is 15.0. The summed E-state index contributed by atoms with van der Waals surface area (Å²) in [5.41, 5.74) is 2.34. The summed E-state index contributed by atoms with van der Waals surface area (Å²) < 4.78 is 18.1. The Kier molecular flexibility index (Phi) is 5.61. The second-order valence-corrected chi connectivity index (χ2v) is 5.76. The Morgan fingerprint density at radius 3 is 2.11 bits per heavy atom. The summed E-state index contributed by atoms with van der Waals surface area (Å²) in [4.78, 5) is 12.5. The molecule has 5 heteroatoms. The molecule has 0 saturated carbocycles. The summed E-state index contributed by atoms with van der Waals surface area (Å²) in [7, 11) is 4.66. The number of aromatic nitrogens is 1. The van der Waals surface area contributed by atoms with E-state index in [1.54, 1.807) is 33.5 Å². The molecule has 3 aromatic rings. The van der Waals surface area contributed by atoms with Gasteiger partial charge in [0.25, 0.3) is 0 Å². The summed E-state index contributed by atoms with van der Waals surface area (Å²) in [5.74, 6) is 1.49. The van der Waals surface area contributed by atoms with Crippen LogP contribution in [-0.4, -0.2) is 31.7 Å². The van der Waals surface area contributed by atoms with E-state index in [-0.39, 0.29) is 5.78 Å². The standard InChI is InChI=1S/C22H21NO4/c1-25-20-13-9-17(21(26-2)22(20)27-3)8-12-19(24)16-6-10-18(11-7-16)23-14-4-5-15-23/h4-15H,1-3H3/b12-8+. The minimum atomic E-state index is -0.0918. The number of carbonyl (C=O) groups is 1. The van der Waals surface area contributed by atoms with Crippen LogP contribution in [-0.2, 0) is 0 Å². The van der Waals surface area contributed by atoms with Crippen LogP contribution >= 0.6 is 0 Å². The maximum absolute atomic E-state index is 12.5. The van der Waals surface area contributed by atoms with E-state index in [0.29, 0.717) is 22.8 Å². The molecule has 27 heavy (non-hydrogen) atoms. The van der Waals surface area contributed by atoms with Crippen molar-refractivity contribution >= 4 is 11.9 Å².